The molecule has 2 aromatic heterocycles. The molecule has 2 aliphatic rings. The average molecular weight is 399 g/mol. The van der Waals surface area contributed by atoms with Crippen LogP contribution in [0.25, 0.3) is 5.52 Å². The molecule has 1 saturated carbocycles. The Hall–Kier alpha value is -2.57. The summed E-state index contributed by atoms with van der Waals surface area (Å²) in [6.07, 6.45) is 1.69. The second-order valence-corrected chi connectivity index (χ2v) is 9.82. The van der Waals surface area contributed by atoms with Crippen molar-refractivity contribution in [3.8, 4) is 0 Å². The number of pyridine rings is 1. The molecule has 7 nitrogen and oxygen atoms in total. The number of hydrogen-bond acceptors (Lipinski definition) is 4. The summed E-state index contributed by atoms with van der Waals surface area (Å²) in [5.74, 6) is 1.35. The molecule has 2 aromatic rings. The molecule has 7 heteroatoms. The van der Waals surface area contributed by atoms with E-state index in [1.807, 2.05) is 70.3 Å². The highest BCUT2D eigenvalue weighted by molar-refractivity contribution is 5.84. The topological polar surface area (TPSA) is 75.9 Å². The summed E-state index contributed by atoms with van der Waals surface area (Å²) in [6, 6.07) is 5.97. The molecule has 1 saturated heterocycles. The highest BCUT2D eigenvalue weighted by atomic mass is 16.6. The van der Waals surface area contributed by atoms with Crippen LogP contribution in [0, 0.1) is 24.7 Å². The molecule has 1 aliphatic carbocycles. The van der Waals surface area contributed by atoms with Crippen molar-refractivity contribution in [2.75, 3.05) is 13.1 Å². The van der Waals surface area contributed by atoms with Crippen molar-refractivity contribution < 1.29 is 14.3 Å². The zero-order valence-corrected chi connectivity index (χ0v) is 18.0. The highest BCUT2D eigenvalue weighted by Gasteiger charge is 2.61. The van der Waals surface area contributed by atoms with Crippen LogP contribution in [0.15, 0.2) is 24.4 Å². The number of aryl methyl sites for hydroxylation is 1. The van der Waals surface area contributed by atoms with Crippen molar-refractivity contribution in [3.63, 3.8) is 0 Å². The Kier molecular flexibility index (Phi) is 4.40. The van der Waals surface area contributed by atoms with E-state index in [1.54, 1.807) is 4.90 Å². The number of amides is 2. The second-order valence-electron chi connectivity index (χ2n) is 9.82. The molecule has 3 atom stereocenters. The zero-order chi connectivity index (χ0) is 21.1. The number of carbonyl (C=O) groups excluding carboxylic acids is 2. The molecule has 0 bridgehead atoms. The molecule has 3 heterocycles. The van der Waals surface area contributed by atoms with E-state index in [2.05, 4.69) is 5.32 Å². The molecule has 156 valence electrons. The number of imidazole rings is 1. The first kappa shape index (κ1) is 19.7. The number of hydrogen-bond donors (Lipinski definition) is 1. The Labute approximate surface area is 171 Å². The fraction of sp³-hybridized carbons (Fsp3) is 0.591. The van der Waals surface area contributed by atoms with Gasteiger partial charge in [-0.1, -0.05) is 6.07 Å². The number of nitrogens with zero attached hydrogens (tertiary/aromatic N) is 3. The van der Waals surface area contributed by atoms with Gasteiger partial charge >= 0.3 is 6.09 Å². The van der Waals surface area contributed by atoms with E-state index in [9.17, 15) is 9.59 Å². The molecule has 29 heavy (non-hydrogen) atoms. The standard InChI is InChI=1S/C22H30N4O3/c1-13-23-18(16-9-7-8-10-26(13)16)22(5,6)24-19(27)17-14-11-25(12-15(14)17)20(28)29-21(2,3)4/h7-10,14-15,17H,11-12H2,1-6H3,(H,24,27)/t14-,15+,17+. The third kappa shape index (κ3) is 3.58. The number of aromatic nitrogens is 2. The largest absolute Gasteiger partial charge is 0.444 e. The van der Waals surface area contributed by atoms with E-state index in [4.69, 9.17) is 9.72 Å². The minimum absolute atomic E-state index is 0.0389. The van der Waals surface area contributed by atoms with Gasteiger partial charge in [-0.2, -0.15) is 0 Å². The lowest BCUT2D eigenvalue weighted by Crippen LogP contribution is -2.44. The van der Waals surface area contributed by atoms with Crippen molar-refractivity contribution in [3.05, 3.63) is 35.9 Å². The molecular weight excluding hydrogens is 368 g/mol. The Morgan fingerprint density at radius 2 is 1.79 bits per heavy atom. The van der Waals surface area contributed by atoms with Gasteiger partial charge in [0, 0.05) is 25.2 Å². The van der Waals surface area contributed by atoms with Crippen LogP contribution in [0.4, 0.5) is 4.79 Å². The quantitative estimate of drug-likeness (QED) is 0.862. The minimum Gasteiger partial charge on any atom is -0.444 e. The van der Waals surface area contributed by atoms with Crippen LogP contribution in [0.2, 0.25) is 0 Å². The molecular formula is C22H30N4O3. The molecule has 0 aromatic carbocycles. The van der Waals surface area contributed by atoms with Crippen LogP contribution in [-0.2, 0) is 15.1 Å². The third-order valence-electron chi connectivity index (χ3n) is 5.90. The minimum atomic E-state index is -0.584. The molecule has 2 amide bonds. The molecule has 0 spiro atoms. The van der Waals surface area contributed by atoms with Crippen LogP contribution >= 0.6 is 0 Å². The van der Waals surface area contributed by atoms with Gasteiger partial charge in [0.25, 0.3) is 0 Å². The summed E-state index contributed by atoms with van der Waals surface area (Å²) in [6.45, 7) is 12.7. The van der Waals surface area contributed by atoms with Gasteiger partial charge in [0.05, 0.1) is 16.7 Å². The Bertz CT molecular complexity index is 960. The van der Waals surface area contributed by atoms with Crippen LogP contribution in [-0.4, -0.2) is 45.0 Å². The van der Waals surface area contributed by atoms with Gasteiger partial charge in [-0.25, -0.2) is 9.78 Å². The van der Waals surface area contributed by atoms with Crippen molar-refractivity contribution in [2.45, 2.75) is 52.7 Å². The molecule has 4 rings (SSSR count). The van der Waals surface area contributed by atoms with Gasteiger partial charge in [0.1, 0.15) is 11.4 Å². The van der Waals surface area contributed by atoms with Gasteiger partial charge in [0.2, 0.25) is 5.91 Å². The summed E-state index contributed by atoms with van der Waals surface area (Å²) in [7, 11) is 0. The summed E-state index contributed by atoms with van der Waals surface area (Å²) in [5.41, 5.74) is 0.781. The van der Waals surface area contributed by atoms with E-state index in [0.717, 1.165) is 17.0 Å². The SMILES string of the molecule is Cc1nc(C(C)(C)NC(=O)[C@H]2[C@@H]3CN(C(=O)OC(C)(C)C)C[C@@H]32)c2ccccn12. The van der Waals surface area contributed by atoms with E-state index in [-0.39, 0.29) is 29.8 Å². The van der Waals surface area contributed by atoms with E-state index >= 15 is 0 Å². The molecule has 1 aliphatic heterocycles. The predicted molar refractivity (Wildman–Crippen MR) is 109 cm³/mol. The van der Waals surface area contributed by atoms with Crippen molar-refractivity contribution in [2.24, 2.45) is 17.8 Å². The van der Waals surface area contributed by atoms with Crippen molar-refractivity contribution in [1.29, 1.82) is 0 Å². The number of fused-ring (bicyclic) bond motifs is 2. The maximum absolute atomic E-state index is 13.0. The lowest BCUT2D eigenvalue weighted by molar-refractivity contribution is -0.125. The zero-order valence-electron chi connectivity index (χ0n) is 18.0. The number of nitrogens with one attached hydrogen (secondary N) is 1. The first-order chi connectivity index (χ1) is 13.5. The summed E-state index contributed by atoms with van der Waals surface area (Å²) < 4.78 is 7.48. The Balaban J connectivity index is 1.41. The van der Waals surface area contributed by atoms with Crippen LogP contribution in [0.1, 0.15) is 46.1 Å². The van der Waals surface area contributed by atoms with Crippen LogP contribution in [0.3, 0.4) is 0 Å². The number of ether oxygens (including phenoxy) is 1. The number of carbonyl (C=O) groups is 2. The molecule has 0 unspecified atom stereocenters. The lowest BCUT2D eigenvalue weighted by atomic mass is 9.98. The number of rotatable bonds is 3. The fourth-order valence-electron chi connectivity index (χ4n) is 4.49. The fourth-order valence-corrected chi connectivity index (χ4v) is 4.49. The maximum Gasteiger partial charge on any atom is 0.410 e. The van der Waals surface area contributed by atoms with Gasteiger partial charge < -0.3 is 19.4 Å². The van der Waals surface area contributed by atoms with Gasteiger partial charge in [-0.15, -0.1) is 0 Å². The summed E-state index contributed by atoms with van der Waals surface area (Å²) >= 11 is 0. The Morgan fingerprint density at radius 3 is 2.41 bits per heavy atom. The number of likely N-dealkylation sites (tertiary alicyclic amines) is 1. The Morgan fingerprint density at radius 1 is 1.14 bits per heavy atom. The lowest BCUT2D eigenvalue weighted by Gasteiger charge is -2.27. The van der Waals surface area contributed by atoms with Crippen molar-refractivity contribution >= 4 is 17.5 Å². The first-order valence-electron chi connectivity index (χ1n) is 10.2. The van der Waals surface area contributed by atoms with E-state index in [0.29, 0.717) is 13.1 Å². The van der Waals surface area contributed by atoms with E-state index < -0.39 is 11.1 Å². The average Bonchev–Trinajstić information content (AvgIpc) is 2.95. The number of piperidine rings is 1. The van der Waals surface area contributed by atoms with Crippen molar-refractivity contribution in [1.82, 2.24) is 19.6 Å². The summed E-state index contributed by atoms with van der Waals surface area (Å²) in [4.78, 5) is 31.7. The van der Waals surface area contributed by atoms with Gasteiger partial charge in [-0.3, -0.25) is 4.79 Å². The first-order valence-corrected chi connectivity index (χ1v) is 10.2. The molecule has 2 fully saturated rings. The monoisotopic (exact) mass is 398 g/mol. The highest BCUT2D eigenvalue weighted by Crippen LogP contribution is 2.52. The van der Waals surface area contributed by atoms with Crippen LogP contribution < -0.4 is 5.32 Å². The predicted octanol–water partition coefficient (Wildman–Crippen LogP) is 3.11. The summed E-state index contributed by atoms with van der Waals surface area (Å²) in [5, 5.41) is 3.20. The molecule has 1 N–H and O–H groups in total. The molecule has 0 radical (unpaired) electrons. The van der Waals surface area contributed by atoms with Gasteiger partial charge in [0.15, 0.2) is 0 Å². The smallest absolute Gasteiger partial charge is 0.410 e. The third-order valence-corrected chi connectivity index (χ3v) is 5.90. The second kappa shape index (κ2) is 6.47. The maximum atomic E-state index is 13.0. The van der Waals surface area contributed by atoms with Crippen LogP contribution in [0.5, 0.6) is 0 Å². The van der Waals surface area contributed by atoms with Gasteiger partial charge in [-0.05, 0) is 65.5 Å². The normalized spacial score (nSPS) is 23.8. The van der Waals surface area contributed by atoms with E-state index in [1.165, 1.54) is 0 Å².